The maximum absolute atomic E-state index is 5.67. The number of nitrogens with two attached hydrogens (primary N) is 1. The van der Waals surface area contributed by atoms with E-state index in [1.54, 1.807) is 11.8 Å². The molecule has 7 heteroatoms. The number of rotatable bonds is 4. The number of hydrogen-bond acceptors (Lipinski definition) is 7. The number of aryl methyl sites for hydroxylation is 1. The summed E-state index contributed by atoms with van der Waals surface area (Å²) in [6, 6.07) is 10.1. The summed E-state index contributed by atoms with van der Waals surface area (Å²) >= 11 is 3.03. The van der Waals surface area contributed by atoms with E-state index in [0.717, 1.165) is 10.6 Å². The number of nitrogens with zero attached hydrogens (tertiary/aromatic N) is 3. The molecule has 0 fully saturated rings. The van der Waals surface area contributed by atoms with Crippen LogP contribution in [0.1, 0.15) is 11.5 Å². The number of anilines is 1. The van der Waals surface area contributed by atoms with Crippen LogP contribution in [0.25, 0.3) is 10.8 Å². The van der Waals surface area contributed by atoms with E-state index in [9.17, 15) is 0 Å². The van der Waals surface area contributed by atoms with Crippen molar-refractivity contribution in [2.45, 2.75) is 17.6 Å². The number of hydrogen-bond donors (Lipinski definition) is 1. The van der Waals surface area contributed by atoms with Crippen LogP contribution in [0.5, 0.6) is 0 Å². The van der Waals surface area contributed by atoms with Crippen LogP contribution < -0.4 is 5.73 Å². The lowest BCUT2D eigenvalue weighted by Gasteiger charge is -1.96. The van der Waals surface area contributed by atoms with Gasteiger partial charge in [-0.05, 0) is 19.1 Å². The Bertz CT molecular complexity index is 708. The van der Waals surface area contributed by atoms with Crippen molar-refractivity contribution >= 4 is 28.2 Å². The van der Waals surface area contributed by atoms with E-state index in [2.05, 4.69) is 27.3 Å². The third-order valence-corrected chi connectivity index (χ3v) is 4.57. The Morgan fingerprint density at radius 1 is 1.25 bits per heavy atom. The third kappa shape index (κ3) is 2.83. The van der Waals surface area contributed by atoms with Gasteiger partial charge in [0.05, 0.1) is 11.4 Å². The summed E-state index contributed by atoms with van der Waals surface area (Å²) in [5.41, 5.74) is 6.49. The van der Waals surface area contributed by atoms with Gasteiger partial charge in [0, 0.05) is 4.90 Å². The minimum atomic E-state index is 0.486. The molecule has 2 N–H and O–H groups in total. The molecular formula is C13H12N4OS2. The van der Waals surface area contributed by atoms with Crippen molar-refractivity contribution in [2.24, 2.45) is 0 Å². The van der Waals surface area contributed by atoms with Crippen molar-refractivity contribution in [3.05, 3.63) is 41.9 Å². The maximum atomic E-state index is 5.67. The molecule has 0 spiro atoms. The molecule has 0 amide bonds. The van der Waals surface area contributed by atoms with E-state index in [1.807, 2.05) is 25.1 Å². The predicted octanol–water partition coefficient (Wildman–Crippen LogP) is 3.38. The molecule has 2 heterocycles. The Labute approximate surface area is 124 Å². The van der Waals surface area contributed by atoms with Crippen molar-refractivity contribution in [3.63, 3.8) is 0 Å². The van der Waals surface area contributed by atoms with E-state index < -0.39 is 0 Å². The number of aromatic nitrogens is 3. The summed E-state index contributed by atoms with van der Waals surface area (Å²) in [5.74, 6) is 1.82. The molecule has 0 aliphatic heterocycles. The topological polar surface area (TPSA) is 77.8 Å². The molecule has 0 aliphatic rings. The Morgan fingerprint density at radius 3 is 2.75 bits per heavy atom. The minimum absolute atomic E-state index is 0.486. The van der Waals surface area contributed by atoms with E-state index in [1.165, 1.54) is 16.2 Å². The molecule has 2 aromatic heterocycles. The van der Waals surface area contributed by atoms with Gasteiger partial charge in [-0.2, -0.15) is 4.98 Å². The zero-order valence-electron chi connectivity index (χ0n) is 10.7. The fourth-order valence-electron chi connectivity index (χ4n) is 1.69. The fourth-order valence-corrected chi connectivity index (χ4v) is 3.20. The highest BCUT2D eigenvalue weighted by Crippen LogP contribution is 2.30. The highest BCUT2D eigenvalue weighted by Gasteiger charge is 2.15. The van der Waals surface area contributed by atoms with Gasteiger partial charge < -0.3 is 10.3 Å². The lowest BCUT2D eigenvalue weighted by molar-refractivity contribution is 0.425. The molecule has 0 aliphatic carbocycles. The van der Waals surface area contributed by atoms with Gasteiger partial charge in [-0.3, -0.25) is 0 Å². The molecule has 20 heavy (non-hydrogen) atoms. The number of benzene rings is 1. The standard InChI is InChI=1S/C13H12N4OS2/c1-8-11(20-13(14)15-8)12-16-10(17-18-12)7-19-9-5-3-2-4-6-9/h2-6H,7H2,1H3,(H2,14,15). The first-order chi connectivity index (χ1) is 9.72. The summed E-state index contributed by atoms with van der Waals surface area (Å²) in [5, 5.41) is 4.50. The third-order valence-electron chi connectivity index (χ3n) is 2.59. The maximum Gasteiger partial charge on any atom is 0.270 e. The molecule has 0 radical (unpaired) electrons. The summed E-state index contributed by atoms with van der Waals surface area (Å²) in [4.78, 5) is 10.6. The molecule has 0 saturated carbocycles. The zero-order chi connectivity index (χ0) is 13.9. The highest BCUT2D eigenvalue weighted by molar-refractivity contribution is 7.98. The van der Waals surface area contributed by atoms with Crippen LogP contribution >= 0.6 is 23.1 Å². The molecule has 0 saturated heterocycles. The quantitative estimate of drug-likeness (QED) is 0.744. The van der Waals surface area contributed by atoms with E-state index in [0.29, 0.717) is 22.6 Å². The van der Waals surface area contributed by atoms with E-state index in [4.69, 9.17) is 10.3 Å². The molecular weight excluding hydrogens is 292 g/mol. The summed E-state index contributed by atoms with van der Waals surface area (Å²) in [7, 11) is 0. The molecule has 0 atom stereocenters. The van der Waals surface area contributed by atoms with E-state index in [-0.39, 0.29) is 0 Å². The number of nitrogen functional groups attached to an aromatic ring is 1. The van der Waals surface area contributed by atoms with Crippen molar-refractivity contribution in [2.75, 3.05) is 5.73 Å². The van der Waals surface area contributed by atoms with Crippen molar-refractivity contribution < 1.29 is 4.52 Å². The second-order valence-corrected chi connectivity index (χ2v) is 6.16. The fraction of sp³-hybridized carbons (Fsp3) is 0.154. The minimum Gasteiger partial charge on any atom is -0.375 e. The molecule has 3 aromatic rings. The van der Waals surface area contributed by atoms with Gasteiger partial charge in [0.25, 0.3) is 5.89 Å². The molecule has 0 unspecified atom stereocenters. The van der Waals surface area contributed by atoms with E-state index >= 15 is 0 Å². The van der Waals surface area contributed by atoms with Gasteiger partial charge in [-0.15, -0.1) is 11.8 Å². The van der Waals surface area contributed by atoms with Gasteiger partial charge in [-0.1, -0.05) is 34.7 Å². The van der Waals surface area contributed by atoms with Gasteiger partial charge in [0.2, 0.25) is 0 Å². The van der Waals surface area contributed by atoms with Crippen LogP contribution in [0.4, 0.5) is 5.13 Å². The average molecular weight is 304 g/mol. The van der Waals surface area contributed by atoms with Crippen LogP contribution in [0.3, 0.4) is 0 Å². The first-order valence-electron chi connectivity index (χ1n) is 5.96. The van der Waals surface area contributed by atoms with Gasteiger partial charge >= 0.3 is 0 Å². The molecule has 102 valence electrons. The van der Waals surface area contributed by atoms with Crippen LogP contribution in [0.2, 0.25) is 0 Å². The van der Waals surface area contributed by atoms with Crippen molar-refractivity contribution in [3.8, 4) is 10.8 Å². The second-order valence-electron chi connectivity index (χ2n) is 4.08. The normalized spacial score (nSPS) is 10.8. The van der Waals surface area contributed by atoms with Crippen LogP contribution in [-0.2, 0) is 5.75 Å². The van der Waals surface area contributed by atoms with Crippen LogP contribution in [0.15, 0.2) is 39.8 Å². The molecule has 1 aromatic carbocycles. The molecule has 3 rings (SSSR count). The summed E-state index contributed by atoms with van der Waals surface area (Å²) < 4.78 is 5.27. The monoisotopic (exact) mass is 304 g/mol. The summed E-state index contributed by atoms with van der Waals surface area (Å²) in [6.07, 6.45) is 0. The molecule has 0 bridgehead atoms. The predicted molar refractivity (Wildman–Crippen MR) is 80.6 cm³/mol. The number of thiazole rings is 1. The lowest BCUT2D eigenvalue weighted by atomic mass is 10.4. The first kappa shape index (κ1) is 13.1. The molecule has 5 nitrogen and oxygen atoms in total. The zero-order valence-corrected chi connectivity index (χ0v) is 12.4. The smallest absolute Gasteiger partial charge is 0.270 e. The SMILES string of the molecule is Cc1nc(N)sc1-c1nc(CSc2ccccc2)no1. The average Bonchev–Trinajstić information content (AvgIpc) is 3.04. The Hall–Kier alpha value is -1.86. The van der Waals surface area contributed by atoms with Crippen molar-refractivity contribution in [1.82, 2.24) is 15.1 Å². The second kappa shape index (κ2) is 5.64. The Morgan fingerprint density at radius 2 is 2.05 bits per heavy atom. The largest absolute Gasteiger partial charge is 0.375 e. The van der Waals surface area contributed by atoms with Crippen LogP contribution in [0, 0.1) is 6.92 Å². The van der Waals surface area contributed by atoms with Crippen LogP contribution in [-0.4, -0.2) is 15.1 Å². The number of thioether (sulfide) groups is 1. The first-order valence-corrected chi connectivity index (χ1v) is 7.76. The Balaban J connectivity index is 1.73. The van der Waals surface area contributed by atoms with Gasteiger partial charge in [0.1, 0.15) is 4.88 Å². The van der Waals surface area contributed by atoms with Gasteiger partial charge in [-0.25, -0.2) is 4.98 Å². The lowest BCUT2D eigenvalue weighted by Crippen LogP contribution is -1.84. The summed E-state index contributed by atoms with van der Waals surface area (Å²) in [6.45, 7) is 1.88. The van der Waals surface area contributed by atoms with Gasteiger partial charge in [0.15, 0.2) is 11.0 Å². The highest BCUT2D eigenvalue weighted by atomic mass is 32.2. The Kier molecular flexibility index (Phi) is 3.70. The van der Waals surface area contributed by atoms with Crippen molar-refractivity contribution in [1.29, 1.82) is 0 Å².